The fourth-order valence-corrected chi connectivity index (χ4v) is 3.84. The summed E-state index contributed by atoms with van der Waals surface area (Å²) in [6.07, 6.45) is 29.5. The van der Waals surface area contributed by atoms with Crippen LogP contribution in [-0.2, 0) is 13.1 Å². The highest BCUT2D eigenvalue weighted by Crippen LogP contribution is 2.14. The van der Waals surface area contributed by atoms with Crippen molar-refractivity contribution in [2.75, 3.05) is 0 Å². The Bertz CT molecular complexity index is 422. The summed E-state index contributed by atoms with van der Waals surface area (Å²) in [6, 6.07) is 0. The average molecular weight is 378 g/mol. The van der Waals surface area contributed by atoms with Crippen LogP contribution in [0.15, 0.2) is 18.7 Å². The number of hydrogen-bond acceptors (Lipinski definition) is 0. The zero-order valence-corrected chi connectivity index (χ0v) is 18.9. The fraction of sp³-hybridized carbons (Fsp3) is 0.880. The lowest BCUT2D eigenvalue weighted by Gasteiger charge is -2.05. The van der Waals surface area contributed by atoms with Crippen molar-refractivity contribution in [1.82, 2.24) is 4.57 Å². The molecule has 0 bridgehead atoms. The normalized spacial score (nSPS) is 11.6. The van der Waals surface area contributed by atoms with Gasteiger partial charge in [0.2, 0.25) is 6.33 Å². The highest BCUT2D eigenvalue weighted by Gasteiger charge is 2.02. The maximum Gasteiger partial charge on any atom is 0.243 e. The minimum atomic E-state index is 0.890. The lowest BCUT2D eigenvalue weighted by atomic mass is 10.0. The first-order valence-corrected chi connectivity index (χ1v) is 12.3. The number of nitrogens with zero attached hydrogens (tertiary/aromatic N) is 2. The van der Waals surface area contributed by atoms with Gasteiger partial charge in [-0.15, -0.1) is 0 Å². The van der Waals surface area contributed by atoms with E-state index in [0.717, 1.165) is 5.92 Å². The van der Waals surface area contributed by atoms with E-state index in [1.165, 1.54) is 116 Å². The van der Waals surface area contributed by atoms with E-state index in [-0.39, 0.29) is 0 Å². The summed E-state index contributed by atoms with van der Waals surface area (Å²) in [5, 5.41) is 0. The van der Waals surface area contributed by atoms with Crippen molar-refractivity contribution in [2.24, 2.45) is 5.92 Å². The third-order valence-corrected chi connectivity index (χ3v) is 5.71. The molecule has 0 fully saturated rings. The highest BCUT2D eigenvalue weighted by molar-refractivity contribution is 4.65. The molecule has 2 nitrogen and oxygen atoms in total. The molecule has 0 amide bonds. The lowest BCUT2D eigenvalue weighted by Crippen LogP contribution is -2.30. The minimum Gasteiger partial charge on any atom is -0.237 e. The Morgan fingerprint density at radius 3 is 1.74 bits per heavy atom. The Hall–Kier alpha value is -0.790. The predicted octanol–water partition coefficient (Wildman–Crippen LogP) is 7.69. The van der Waals surface area contributed by atoms with E-state index in [4.69, 9.17) is 0 Å². The molecule has 0 aliphatic carbocycles. The number of hydrogen-bond donors (Lipinski definition) is 0. The first kappa shape index (κ1) is 24.2. The second-order valence-electron chi connectivity index (χ2n) is 9.02. The van der Waals surface area contributed by atoms with Crippen LogP contribution in [0.25, 0.3) is 0 Å². The molecule has 0 unspecified atom stereocenters. The molecular formula is C25H49N2+. The predicted molar refractivity (Wildman–Crippen MR) is 119 cm³/mol. The average Bonchev–Trinajstić information content (AvgIpc) is 3.10. The molecule has 0 saturated heterocycles. The zero-order valence-electron chi connectivity index (χ0n) is 18.9. The van der Waals surface area contributed by atoms with Crippen molar-refractivity contribution in [1.29, 1.82) is 0 Å². The third kappa shape index (κ3) is 14.9. The molecule has 0 aliphatic heterocycles. The van der Waals surface area contributed by atoms with Gasteiger partial charge in [0.1, 0.15) is 12.4 Å². The molecule has 158 valence electrons. The Morgan fingerprint density at radius 1 is 0.704 bits per heavy atom. The van der Waals surface area contributed by atoms with Gasteiger partial charge in [0.25, 0.3) is 0 Å². The number of unbranched alkanes of at least 4 members (excludes halogenated alkanes) is 13. The molecule has 0 spiro atoms. The lowest BCUT2D eigenvalue weighted by molar-refractivity contribution is -0.696. The molecule has 0 saturated carbocycles. The molecule has 0 N–H and O–H groups in total. The minimum absolute atomic E-state index is 0.890. The van der Waals surface area contributed by atoms with Crippen molar-refractivity contribution in [3.8, 4) is 0 Å². The quantitative estimate of drug-likeness (QED) is 0.172. The number of aromatic nitrogens is 2. The Kier molecular flexibility index (Phi) is 15.6. The summed E-state index contributed by atoms with van der Waals surface area (Å²) < 4.78 is 4.69. The van der Waals surface area contributed by atoms with Gasteiger partial charge in [0.15, 0.2) is 0 Å². The van der Waals surface area contributed by atoms with Crippen LogP contribution in [0.4, 0.5) is 0 Å². The SMILES string of the molecule is CCCCn1cc[n+](CCCCCCCCCCCCCCCC(C)C)c1. The van der Waals surface area contributed by atoms with Crippen molar-refractivity contribution >= 4 is 0 Å². The van der Waals surface area contributed by atoms with E-state index in [0.29, 0.717) is 0 Å². The van der Waals surface area contributed by atoms with E-state index in [2.05, 4.69) is 48.6 Å². The van der Waals surface area contributed by atoms with Gasteiger partial charge in [0, 0.05) is 0 Å². The van der Waals surface area contributed by atoms with Crippen molar-refractivity contribution in [3.05, 3.63) is 18.7 Å². The monoisotopic (exact) mass is 377 g/mol. The molecular weight excluding hydrogens is 328 g/mol. The van der Waals surface area contributed by atoms with Gasteiger partial charge < -0.3 is 0 Å². The molecule has 1 aromatic heterocycles. The van der Waals surface area contributed by atoms with Gasteiger partial charge in [-0.2, -0.15) is 0 Å². The number of rotatable bonds is 19. The van der Waals surface area contributed by atoms with E-state index in [9.17, 15) is 0 Å². The van der Waals surface area contributed by atoms with E-state index in [1.54, 1.807) is 0 Å². The zero-order chi connectivity index (χ0) is 19.6. The second-order valence-corrected chi connectivity index (χ2v) is 9.02. The highest BCUT2D eigenvalue weighted by atomic mass is 15.1. The summed E-state index contributed by atoms with van der Waals surface area (Å²) in [7, 11) is 0. The van der Waals surface area contributed by atoms with Gasteiger partial charge in [-0.1, -0.05) is 104 Å². The fourth-order valence-electron chi connectivity index (χ4n) is 3.84. The maximum atomic E-state index is 2.36. The van der Waals surface area contributed by atoms with Crippen LogP contribution in [0, 0.1) is 5.92 Å². The third-order valence-electron chi connectivity index (χ3n) is 5.71. The molecule has 0 atom stereocenters. The van der Waals surface area contributed by atoms with E-state index in [1.807, 2.05) is 0 Å². The van der Waals surface area contributed by atoms with Crippen molar-refractivity contribution in [2.45, 2.75) is 137 Å². The van der Waals surface area contributed by atoms with Gasteiger partial charge >= 0.3 is 0 Å². The molecule has 0 aromatic carbocycles. The summed E-state index contributed by atoms with van der Waals surface area (Å²) in [6.45, 7) is 9.29. The Balaban J connectivity index is 1.78. The molecule has 1 aromatic rings. The second kappa shape index (κ2) is 17.3. The van der Waals surface area contributed by atoms with Crippen LogP contribution in [0.2, 0.25) is 0 Å². The maximum absolute atomic E-state index is 2.36. The van der Waals surface area contributed by atoms with E-state index < -0.39 is 0 Å². The number of aryl methyl sites for hydroxylation is 2. The summed E-state index contributed by atoms with van der Waals surface area (Å²) >= 11 is 0. The molecule has 27 heavy (non-hydrogen) atoms. The topological polar surface area (TPSA) is 8.81 Å². The molecule has 2 heteroatoms. The first-order valence-electron chi connectivity index (χ1n) is 12.3. The van der Waals surface area contributed by atoms with E-state index >= 15 is 0 Å². The molecule has 1 heterocycles. The smallest absolute Gasteiger partial charge is 0.237 e. The van der Waals surface area contributed by atoms with Gasteiger partial charge in [-0.25, -0.2) is 9.13 Å². The largest absolute Gasteiger partial charge is 0.243 e. The van der Waals surface area contributed by atoms with Crippen LogP contribution in [0.5, 0.6) is 0 Å². The molecule has 1 rings (SSSR count). The number of imidazole rings is 1. The van der Waals surface area contributed by atoms with Gasteiger partial charge in [0.05, 0.1) is 13.1 Å². The summed E-state index contributed by atoms with van der Waals surface area (Å²) in [4.78, 5) is 0. The summed E-state index contributed by atoms with van der Waals surface area (Å²) in [5.74, 6) is 0.890. The Morgan fingerprint density at radius 2 is 1.22 bits per heavy atom. The standard InChI is InChI=1S/C25H49N2/c1-4-5-20-26-22-23-27(24-26)21-18-16-14-12-10-8-6-7-9-11-13-15-17-19-25(2)3/h22-25H,4-21H2,1-3H3/q+1. The van der Waals surface area contributed by atoms with Crippen LogP contribution < -0.4 is 4.57 Å². The van der Waals surface area contributed by atoms with Crippen molar-refractivity contribution in [3.63, 3.8) is 0 Å². The van der Waals surface area contributed by atoms with Gasteiger partial charge in [-0.3, -0.25) is 0 Å². The molecule has 0 aliphatic rings. The molecule has 0 radical (unpaired) electrons. The Labute approximate surface area is 170 Å². The van der Waals surface area contributed by atoms with Gasteiger partial charge in [-0.05, 0) is 25.2 Å². The van der Waals surface area contributed by atoms with Crippen LogP contribution in [0.3, 0.4) is 0 Å². The van der Waals surface area contributed by atoms with Crippen LogP contribution in [-0.4, -0.2) is 4.57 Å². The first-order chi connectivity index (χ1) is 13.2. The van der Waals surface area contributed by atoms with Crippen LogP contribution >= 0.6 is 0 Å². The summed E-state index contributed by atoms with van der Waals surface area (Å²) in [5.41, 5.74) is 0. The van der Waals surface area contributed by atoms with Crippen LogP contribution in [0.1, 0.15) is 124 Å². The van der Waals surface area contributed by atoms with Crippen molar-refractivity contribution < 1.29 is 4.57 Å².